The summed E-state index contributed by atoms with van der Waals surface area (Å²) in [4.78, 5) is 25.4. The van der Waals surface area contributed by atoms with Crippen molar-refractivity contribution < 1.29 is 44.6 Å². The summed E-state index contributed by atoms with van der Waals surface area (Å²) in [5.41, 5.74) is -1.23. The zero-order valence-corrected chi connectivity index (χ0v) is 18.3. The lowest BCUT2D eigenvalue weighted by Crippen LogP contribution is -2.72. The Hall–Kier alpha value is -2.28. The molecule has 0 spiro atoms. The van der Waals surface area contributed by atoms with Crippen molar-refractivity contribution in [2.75, 3.05) is 20.3 Å². The molecule has 32 heavy (non-hydrogen) atoms. The first-order valence-electron chi connectivity index (χ1n) is 10.3. The molecule has 7 N–H and O–H groups in total. The van der Waals surface area contributed by atoms with Gasteiger partial charge in [-0.3, -0.25) is 10.1 Å². The Morgan fingerprint density at radius 2 is 1.84 bits per heavy atom. The molecule has 11 heteroatoms. The van der Waals surface area contributed by atoms with Gasteiger partial charge in [0, 0.05) is 6.42 Å². The molecule has 0 unspecified atom stereocenters. The molecule has 1 saturated heterocycles. The number of rotatable bonds is 9. The fourth-order valence-electron chi connectivity index (χ4n) is 3.48. The van der Waals surface area contributed by atoms with Crippen molar-refractivity contribution in [3.63, 3.8) is 0 Å². The maximum absolute atomic E-state index is 13.1. The SMILES string of the molecule is COC(=O)[C@H](Cc1ccc(O)cc1)NC(=O)[C@@H](N[C@@]1(CO)OC[C@H](O)[C@H](O)[C@H]1O)C(C)C. The Kier molecular flexibility index (Phi) is 8.96. The van der Waals surface area contributed by atoms with E-state index < -0.39 is 54.6 Å². The number of amides is 1. The smallest absolute Gasteiger partial charge is 0.328 e. The van der Waals surface area contributed by atoms with Crippen LogP contribution >= 0.6 is 0 Å². The first kappa shape index (κ1) is 26.0. The standard InChI is InChI=1S/C21H32N2O9/c1-11(2)16(23-21(10-24)18(28)17(27)15(26)9-32-21)19(29)22-14(20(30)31-3)8-12-4-6-13(25)7-5-12/h4-7,11,14-18,23-28H,8-10H2,1-3H3,(H,22,29)/t14-,15-,16-,17-,18+,21-/m0/s1. The number of hydrogen-bond acceptors (Lipinski definition) is 10. The number of benzene rings is 1. The predicted molar refractivity (Wildman–Crippen MR) is 111 cm³/mol. The highest BCUT2D eigenvalue weighted by atomic mass is 16.6. The molecule has 2 rings (SSSR count). The Balaban J connectivity index is 2.21. The van der Waals surface area contributed by atoms with Gasteiger partial charge in [-0.1, -0.05) is 26.0 Å². The van der Waals surface area contributed by atoms with E-state index in [2.05, 4.69) is 10.6 Å². The summed E-state index contributed by atoms with van der Waals surface area (Å²) in [6.45, 7) is 2.25. The number of aliphatic hydroxyl groups excluding tert-OH is 4. The molecule has 1 fully saturated rings. The summed E-state index contributed by atoms with van der Waals surface area (Å²) >= 11 is 0. The maximum atomic E-state index is 13.1. The van der Waals surface area contributed by atoms with Gasteiger partial charge in [0.2, 0.25) is 5.91 Å². The molecule has 0 bridgehead atoms. The van der Waals surface area contributed by atoms with Gasteiger partial charge in [-0.15, -0.1) is 0 Å². The van der Waals surface area contributed by atoms with Crippen LogP contribution in [0.15, 0.2) is 24.3 Å². The average molecular weight is 456 g/mol. The highest BCUT2D eigenvalue weighted by Crippen LogP contribution is 2.25. The van der Waals surface area contributed by atoms with Gasteiger partial charge in [0.05, 0.1) is 26.4 Å². The first-order chi connectivity index (χ1) is 15.0. The minimum atomic E-state index is -1.90. The monoisotopic (exact) mass is 456 g/mol. The van der Waals surface area contributed by atoms with E-state index in [-0.39, 0.29) is 24.7 Å². The van der Waals surface area contributed by atoms with Crippen LogP contribution in [-0.2, 0) is 25.5 Å². The number of aromatic hydroxyl groups is 1. The third kappa shape index (κ3) is 5.94. The maximum Gasteiger partial charge on any atom is 0.328 e. The average Bonchev–Trinajstić information content (AvgIpc) is 2.77. The molecule has 6 atom stereocenters. The third-order valence-electron chi connectivity index (χ3n) is 5.47. The summed E-state index contributed by atoms with van der Waals surface area (Å²) in [5, 5.41) is 54.8. The number of esters is 1. The van der Waals surface area contributed by atoms with E-state index in [0.717, 1.165) is 0 Å². The predicted octanol–water partition coefficient (Wildman–Crippen LogP) is -1.99. The van der Waals surface area contributed by atoms with Crippen LogP contribution in [0.3, 0.4) is 0 Å². The lowest BCUT2D eigenvalue weighted by molar-refractivity contribution is -0.261. The molecular formula is C21H32N2O9. The zero-order valence-electron chi connectivity index (χ0n) is 18.3. The van der Waals surface area contributed by atoms with Gasteiger partial charge in [-0.25, -0.2) is 4.79 Å². The van der Waals surface area contributed by atoms with Gasteiger partial charge in [0.15, 0.2) is 5.72 Å². The van der Waals surface area contributed by atoms with E-state index in [1.807, 2.05) is 0 Å². The highest BCUT2D eigenvalue weighted by Gasteiger charge is 2.51. The van der Waals surface area contributed by atoms with Crippen LogP contribution in [0.25, 0.3) is 0 Å². The fourth-order valence-corrected chi connectivity index (χ4v) is 3.48. The number of carbonyl (C=O) groups is 2. The van der Waals surface area contributed by atoms with E-state index in [9.17, 15) is 35.1 Å². The van der Waals surface area contributed by atoms with Gasteiger partial charge >= 0.3 is 5.97 Å². The molecule has 1 aliphatic heterocycles. The zero-order chi connectivity index (χ0) is 24.1. The van der Waals surface area contributed by atoms with Gasteiger partial charge in [0.1, 0.15) is 30.1 Å². The fraction of sp³-hybridized carbons (Fsp3) is 0.619. The van der Waals surface area contributed by atoms with Crippen LogP contribution in [0.4, 0.5) is 0 Å². The first-order valence-corrected chi connectivity index (χ1v) is 10.3. The summed E-state index contributed by atoms with van der Waals surface area (Å²) in [7, 11) is 1.19. The number of hydrogen-bond donors (Lipinski definition) is 7. The van der Waals surface area contributed by atoms with Gasteiger partial charge in [-0.2, -0.15) is 0 Å². The van der Waals surface area contributed by atoms with Crippen LogP contribution in [0, 0.1) is 5.92 Å². The number of ether oxygens (including phenoxy) is 2. The molecule has 1 aromatic carbocycles. The van der Waals surface area contributed by atoms with E-state index in [1.54, 1.807) is 26.0 Å². The molecule has 1 aromatic rings. The molecule has 180 valence electrons. The van der Waals surface area contributed by atoms with Gasteiger partial charge < -0.3 is 40.3 Å². The quantitative estimate of drug-likeness (QED) is 0.206. The summed E-state index contributed by atoms with van der Waals surface area (Å²) in [5.74, 6) is -1.63. The van der Waals surface area contributed by atoms with Crippen LogP contribution in [0.2, 0.25) is 0 Å². The van der Waals surface area contributed by atoms with Crippen molar-refractivity contribution in [3.05, 3.63) is 29.8 Å². The summed E-state index contributed by atoms with van der Waals surface area (Å²) < 4.78 is 10.2. The van der Waals surface area contributed by atoms with Gasteiger partial charge in [0.25, 0.3) is 0 Å². The van der Waals surface area contributed by atoms with E-state index in [4.69, 9.17) is 9.47 Å². The Labute approximate surface area is 186 Å². The minimum Gasteiger partial charge on any atom is -0.508 e. The van der Waals surface area contributed by atoms with Crippen molar-refractivity contribution in [2.45, 2.75) is 56.4 Å². The minimum absolute atomic E-state index is 0.0594. The van der Waals surface area contributed by atoms with E-state index in [0.29, 0.717) is 5.56 Å². The second-order valence-electron chi connectivity index (χ2n) is 8.18. The Morgan fingerprint density at radius 3 is 2.38 bits per heavy atom. The normalized spacial score (nSPS) is 27.6. The highest BCUT2D eigenvalue weighted by molar-refractivity contribution is 5.88. The number of phenolic OH excluding ortho intramolecular Hbond substituents is 1. The van der Waals surface area contributed by atoms with E-state index >= 15 is 0 Å². The van der Waals surface area contributed by atoms with Crippen LogP contribution < -0.4 is 10.6 Å². The Bertz CT molecular complexity index is 773. The lowest BCUT2D eigenvalue weighted by Gasteiger charge is -2.46. The molecule has 0 aromatic heterocycles. The molecule has 0 saturated carbocycles. The second-order valence-corrected chi connectivity index (χ2v) is 8.18. The van der Waals surface area contributed by atoms with Crippen LogP contribution in [0.5, 0.6) is 5.75 Å². The molecule has 11 nitrogen and oxygen atoms in total. The molecule has 0 aliphatic carbocycles. The molecule has 1 heterocycles. The largest absolute Gasteiger partial charge is 0.508 e. The van der Waals surface area contributed by atoms with Crippen molar-refractivity contribution in [1.82, 2.24) is 10.6 Å². The number of methoxy groups -OCH3 is 1. The van der Waals surface area contributed by atoms with E-state index in [1.165, 1.54) is 19.2 Å². The molecule has 1 amide bonds. The topological polar surface area (TPSA) is 178 Å². The molecular weight excluding hydrogens is 424 g/mol. The third-order valence-corrected chi connectivity index (χ3v) is 5.47. The van der Waals surface area contributed by atoms with Crippen molar-refractivity contribution in [3.8, 4) is 5.75 Å². The van der Waals surface area contributed by atoms with Crippen molar-refractivity contribution in [1.29, 1.82) is 0 Å². The van der Waals surface area contributed by atoms with Crippen molar-refractivity contribution in [2.24, 2.45) is 5.92 Å². The number of phenols is 1. The molecule has 1 aliphatic rings. The van der Waals surface area contributed by atoms with Gasteiger partial charge in [-0.05, 0) is 23.6 Å². The second kappa shape index (κ2) is 11.0. The Morgan fingerprint density at radius 1 is 1.22 bits per heavy atom. The number of nitrogens with one attached hydrogen (secondary N) is 2. The summed E-state index contributed by atoms with van der Waals surface area (Å²) in [6.07, 6.45) is -4.58. The lowest BCUT2D eigenvalue weighted by atomic mass is 9.92. The summed E-state index contributed by atoms with van der Waals surface area (Å²) in [6, 6.07) is 4.03. The number of aliphatic hydroxyl groups is 4. The van der Waals surface area contributed by atoms with Crippen molar-refractivity contribution >= 4 is 11.9 Å². The van der Waals surface area contributed by atoms with Crippen LogP contribution in [-0.4, -0.2) is 93.9 Å². The number of carbonyl (C=O) groups excluding carboxylic acids is 2. The molecule has 0 radical (unpaired) electrons. The van der Waals surface area contributed by atoms with Crippen LogP contribution in [0.1, 0.15) is 19.4 Å².